The SMILES string of the molecule is C#Cc1cn([C@@H]2O[C@H](COP(=O)(NC(C(=O)OC)C(C)C)Oc3ccc(F)cc3)[C@@H](O)[C@@]2(C)F)c2ncnc(N)c12.[HH]. The van der Waals surface area contributed by atoms with E-state index in [4.69, 9.17) is 30.7 Å². The molecule has 4 rings (SSSR count). The standard InChI is InChI=1S/C26H30F2N5O7P.H2/c1-6-15-11-33(23-19(15)22(29)30-13-31-23)25-26(4,28)21(34)18(39-25)12-38-41(36,32-20(14(2)3)24(35)37-5)40-17-9-7-16(27)8-10-17;/h1,7-11,13-14,18,20-21,25,34H,12H2,2-5H3,(H,32,36)(H2,29,30,31);1H/t18-,20?,21-,25-,26-,41?;/m1./s1. The zero-order valence-corrected chi connectivity index (χ0v) is 23.5. The number of terminal acetylenes is 1. The maximum absolute atomic E-state index is 16.0. The largest absolute Gasteiger partial charge is 0.468 e. The molecule has 1 fully saturated rings. The van der Waals surface area contributed by atoms with Crippen LogP contribution < -0.4 is 15.3 Å². The molecule has 0 bridgehead atoms. The minimum Gasteiger partial charge on any atom is -0.468 e. The molecule has 3 heterocycles. The maximum atomic E-state index is 16.0. The number of carbonyl (C=O) groups excluding carboxylic acids is 1. The Labute approximate surface area is 236 Å². The van der Waals surface area contributed by atoms with Crippen molar-refractivity contribution in [3.05, 3.63) is 48.2 Å². The van der Waals surface area contributed by atoms with Gasteiger partial charge >= 0.3 is 13.7 Å². The Kier molecular flexibility index (Phi) is 8.67. The van der Waals surface area contributed by atoms with E-state index in [1.165, 1.54) is 29.2 Å². The third-order valence-electron chi connectivity index (χ3n) is 6.63. The number of carbonyl (C=O) groups is 1. The fourth-order valence-electron chi connectivity index (χ4n) is 4.41. The smallest absolute Gasteiger partial charge is 0.459 e. The third-order valence-corrected chi connectivity index (χ3v) is 8.17. The van der Waals surface area contributed by atoms with Gasteiger partial charge in [0, 0.05) is 7.62 Å². The number of halogens is 2. The summed E-state index contributed by atoms with van der Waals surface area (Å²) in [5.74, 6) is 0.743. The van der Waals surface area contributed by atoms with Gasteiger partial charge in [0.2, 0.25) is 0 Å². The summed E-state index contributed by atoms with van der Waals surface area (Å²) in [7, 11) is -3.29. The molecule has 6 atom stereocenters. The molecule has 0 saturated carbocycles. The summed E-state index contributed by atoms with van der Waals surface area (Å²) >= 11 is 0. The van der Waals surface area contributed by atoms with Crippen LogP contribution in [0, 0.1) is 24.1 Å². The van der Waals surface area contributed by atoms with Crippen LogP contribution in [0.15, 0.2) is 36.8 Å². The molecule has 222 valence electrons. The second kappa shape index (κ2) is 11.7. The van der Waals surface area contributed by atoms with Gasteiger partial charge in [-0.05, 0) is 37.1 Å². The molecule has 1 saturated heterocycles. The van der Waals surface area contributed by atoms with E-state index in [1.54, 1.807) is 13.8 Å². The molecule has 2 unspecified atom stereocenters. The second-order valence-corrected chi connectivity index (χ2v) is 11.6. The van der Waals surface area contributed by atoms with E-state index in [1.807, 2.05) is 0 Å². The van der Waals surface area contributed by atoms with Crippen LogP contribution in [-0.2, 0) is 23.4 Å². The van der Waals surface area contributed by atoms with E-state index in [0.717, 1.165) is 26.2 Å². The van der Waals surface area contributed by atoms with Crippen molar-refractivity contribution in [1.29, 1.82) is 0 Å². The highest BCUT2D eigenvalue weighted by atomic mass is 31.2. The van der Waals surface area contributed by atoms with Gasteiger partial charge in [-0.1, -0.05) is 19.8 Å². The van der Waals surface area contributed by atoms with E-state index < -0.39 is 62.2 Å². The normalized spacial score (nSPS) is 24.6. The lowest BCUT2D eigenvalue weighted by Crippen LogP contribution is -2.43. The number of anilines is 1. The minimum atomic E-state index is -4.45. The van der Waals surface area contributed by atoms with Gasteiger partial charge in [-0.15, -0.1) is 6.42 Å². The number of aliphatic hydroxyl groups is 1. The molecule has 3 aromatic rings. The number of nitrogens with two attached hydrogens (primary N) is 1. The van der Waals surface area contributed by atoms with Gasteiger partial charge in [0.25, 0.3) is 0 Å². The molecule has 0 amide bonds. The molecule has 15 heteroatoms. The average Bonchev–Trinajstić information content (AvgIpc) is 3.41. The Morgan fingerprint density at radius 3 is 2.68 bits per heavy atom. The summed E-state index contributed by atoms with van der Waals surface area (Å²) in [4.78, 5) is 20.4. The lowest BCUT2D eigenvalue weighted by molar-refractivity contribution is -0.143. The average molecular weight is 596 g/mol. The predicted molar refractivity (Wildman–Crippen MR) is 146 cm³/mol. The maximum Gasteiger partial charge on any atom is 0.459 e. The van der Waals surface area contributed by atoms with Crippen molar-refractivity contribution >= 4 is 30.6 Å². The number of alkyl halides is 1. The highest BCUT2D eigenvalue weighted by molar-refractivity contribution is 7.52. The first-order valence-corrected chi connectivity index (χ1v) is 14.0. The van der Waals surface area contributed by atoms with Crippen LogP contribution in [0.25, 0.3) is 11.0 Å². The number of rotatable bonds is 10. The molecule has 1 aliphatic heterocycles. The molecule has 4 N–H and O–H groups in total. The van der Waals surface area contributed by atoms with Crippen LogP contribution in [0.5, 0.6) is 5.75 Å². The topological polar surface area (TPSA) is 160 Å². The molecule has 0 aliphatic carbocycles. The molecule has 0 spiro atoms. The number of aliphatic hydroxyl groups excluding tert-OH is 1. The minimum absolute atomic E-state index is 0. The Morgan fingerprint density at radius 2 is 2.07 bits per heavy atom. The van der Waals surface area contributed by atoms with Crippen molar-refractivity contribution in [2.24, 2.45) is 5.92 Å². The Bertz CT molecular complexity index is 1520. The van der Waals surface area contributed by atoms with Crippen molar-refractivity contribution in [3.8, 4) is 18.1 Å². The summed E-state index contributed by atoms with van der Waals surface area (Å²) in [6.45, 7) is 3.81. The number of benzene rings is 1. The number of nitrogen functional groups attached to an aromatic ring is 1. The Balaban J connectivity index is 0.00000484. The molecule has 1 aromatic carbocycles. The third kappa shape index (κ3) is 6.05. The Hall–Kier alpha value is -3.60. The number of hydrogen-bond acceptors (Lipinski definition) is 10. The summed E-state index contributed by atoms with van der Waals surface area (Å²) in [5.41, 5.74) is 4.01. The Morgan fingerprint density at radius 1 is 1.39 bits per heavy atom. The van der Waals surface area contributed by atoms with Crippen molar-refractivity contribution < 1.29 is 43.2 Å². The number of fused-ring (bicyclic) bond motifs is 1. The van der Waals surface area contributed by atoms with Crippen molar-refractivity contribution in [2.75, 3.05) is 19.5 Å². The lowest BCUT2D eigenvalue weighted by atomic mass is 9.98. The van der Waals surface area contributed by atoms with Crippen molar-refractivity contribution in [1.82, 2.24) is 19.6 Å². The number of ether oxygens (including phenoxy) is 2. The van der Waals surface area contributed by atoms with E-state index in [9.17, 15) is 18.9 Å². The van der Waals surface area contributed by atoms with Crippen LogP contribution in [0.3, 0.4) is 0 Å². The van der Waals surface area contributed by atoms with Crippen LogP contribution >= 0.6 is 7.75 Å². The number of methoxy groups -OCH3 is 1. The molecule has 41 heavy (non-hydrogen) atoms. The second-order valence-electron chi connectivity index (χ2n) is 9.89. The van der Waals surface area contributed by atoms with Crippen LogP contribution in [0.1, 0.15) is 34.0 Å². The van der Waals surface area contributed by atoms with Gasteiger partial charge in [-0.25, -0.2) is 23.3 Å². The van der Waals surface area contributed by atoms with E-state index in [-0.39, 0.29) is 24.2 Å². The van der Waals surface area contributed by atoms with Gasteiger partial charge < -0.3 is 29.4 Å². The van der Waals surface area contributed by atoms with E-state index in [0.29, 0.717) is 5.39 Å². The van der Waals surface area contributed by atoms with Crippen LogP contribution in [0.2, 0.25) is 0 Å². The van der Waals surface area contributed by atoms with Crippen molar-refractivity contribution in [2.45, 2.75) is 50.9 Å². The predicted octanol–water partition coefficient (Wildman–Crippen LogP) is 3.36. The van der Waals surface area contributed by atoms with Gasteiger partial charge in [0.05, 0.1) is 24.7 Å². The van der Waals surface area contributed by atoms with Crippen molar-refractivity contribution in [3.63, 3.8) is 0 Å². The van der Waals surface area contributed by atoms with Gasteiger partial charge in [0.15, 0.2) is 11.9 Å². The summed E-state index contributed by atoms with van der Waals surface area (Å²) in [6, 6.07) is 3.42. The zero-order valence-electron chi connectivity index (χ0n) is 22.7. The first kappa shape index (κ1) is 30.4. The lowest BCUT2D eigenvalue weighted by Gasteiger charge is -2.27. The quantitative estimate of drug-likeness (QED) is 0.179. The number of aromatic nitrogens is 3. The number of esters is 1. The molecular weight excluding hydrogens is 563 g/mol. The fourth-order valence-corrected chi connectivity index (χ4v) is 6.08. The van der Waals surface area contributed by atoms with Gasteiger partial charge in [-0.3, -0.25) is 9.32 Å². The summed E-state index contributed by atoms with van der Waals surface area (Å²) in [6.07, 6.45) is 3.58. The number of hydrogen-bond donors (Lipinski definition) is 3. The number of nitrogens with zero attached hydrogens (tertiary/aromatic N) is 3. The monoisotopic (exact) mass is 595 g/mol. The summed E-state index contributed by atoms with van der Waals surface area (Å²) < 4.78 is 66.4. The highest BCUT2D eigenvalue weighted by Crippen LogP contribution is 2.48. The molecule has 1 aliphatic rings. The number of nitrogens with one attached hydrogen (secondary N) is 1. The van der Waals surface area contributed by atoms with Gasteiger partial charge in [-0.2, -0.15) is 5.09 Å². The van der Waals surface area contributed by atoms with Gasteiger partial charge in [0.1, 0.15) is 47.6 Å². The molecular formula is C26H32F2N5O7P. The first-order chi connectivity index (χ1) is 19.3. The van der Waals surface area contributed by atoms with E-state index in [2.05, 4.69) is 21.0 Å². The van der Waals surface area contributed by atoms with E-state index >= 15 is 4.39 Å². The zero-order chi connectivity index (χ0) is 30.1. The fraction of sp³-hybridized carbons (Fsp3) is 0.423. The van der Waals surface area contributed by atoms with Crippen LogP contribution in [0.4, 0.5) is 14.6 Å². The molecule has 12 nitrogen and oxygen atoms in total. The summed E-state index contributed by atoms with van der Waals surface area (Å²) in [5, 5.41) is 13.7. The van der Waals surface area contributed by atoms with Crippen LogP contribution in [-0.4, -0.2) is 63.2 Å². The first-order valence-electron chi connectivity index (χ1n) is 12.5. The highest BCUT2D eigenvalue weighted by Gasteiger charge is 2.56. The molecule has 0 radical (unpaired) electrons. The molecule has 2 aromatic heterocycles.